The first-order valence-electron chi connectivity index (χ1n) is 7.62. The lowest BCUT2D eigenvalue weighted by molar-refractivity contribution is 0.0696. The average molecular weight is 295 g/mol. The van der Waals surface area contributed by atoms with Crippen molar-refractivity contribution in [2.24, 2.45) is 0 Å². The number of rotatable bonds is 4. The van der Waals surface area contributed by atoms with Crippen LogP contribution in [0, 0.1) is 0 Å². The van der Waals surface area contributed by atoms with Crippen LogP contribution in [-0.2, 0) is 12.0 Å². The predicted octanol–water partition coefficient (Wildman–Crippen LogP) is 3.90. The first-order chi connectivity index (χ1) is 10.5. The first-order valence-corrected chi connectivity index (χ1v) is 7.62. The third-order valence-electron chi connectivity index (χ3n) is 4.51. The maximum atomic E-state index is 11.0. The van der Waals surface area contributed by atoms with Crippen molar-refractivity contribution in [2.75, 3.05) is 0 Å². The van der Waals surface area contributed by atoms with Gasteiger partial charge in [-0.25, -0.2) is 4.79 Å². The van der Waals surface area contributed by atoms with E-state index in [2.05, 4.69) is 43.4 Å². The molecule has 0 amide bonds. The number of benzene rings is 2. The average Bonchev–Trinajstić information content (AvgIpc) is 2.77. The molecule has 0 aromatic heterocycles. The number of nitrogens with one attached hydrogen (secondary N) is 1. The summed E-state index contributed by atoms with van der Waals surface area (Å²) in [6.45, 7) is 5.23. The monoisotopic (exact) mass is 295 g/mol. The zero-order valence-electron chi connectivity index (χ0n) is 13.0. The summed E-state index contributed by atoms with van der Waals surface area (Å²) in [6.07, 6.45) is 1.06. The summed E-state index contributed by atoms with van der Waals surface area (Å²) in [5, 5.41) is 12.7. The second-order valence-electron chi connectivity index (χ2n) is 6.61. The minimum absolute atomic E-state index is 0.178. The summed E-state index contributed by atoms with van der Waals surface area (Å²) in [4.78, 5) is 11.0. The van der Waals surface area contributed by atoms with Gasteiger partial charge in [0, 0.05) is 12.6 Å². The van der Waals surface area contributed by atoms with Gasteiger partial charge < -0.3 is 10.4 Å². The smallest absolute Gasteiger partial charge is 0.335 e. The highest BCUT2D eigenvalue weighted by Gasteiger charge is 2.35. The molecule has 0 heterocycles. The van der Waals surface area contributed by atoms with Gasteiger partial charge in [-0.3, -0.25) is 0 Å². The van der Waals surface area contributed by atoms with Crippen molar-refractivity contribution < 1.29 is 9.90 Å². The fraction of sp³-hybridized carbons (Fsp3) is 0.316. The summed E-state index contributed by atoms with van der Waals surface area (Å²) in [7, 11) is 0. The van der Waals surface area contributed by atoms with Gasteiger partial charge in [-0.15, -0.1) is 0 Å². The molecule has 3 nitrogen and oxygen atoms in total. The standard InChI is InChI=1S/C19H21NO2/c1-19(2)11-17(15-8-3-4-9-16(15)19)20-12-13-6-5-7-14(10-13)18(21)22/h3-10,17,20H,11-12H2,1-2H3,(H,21,22). The summed E-state index contributed by atoms with van der Waals surface area (Å²) in [6, 6.07) is 16.0. The van der Waals surface area contributed by atoms with Gasteiger partial charge in [0.25, 0.3) is 0 Å². The molecule has 1 unspecified atom stereocenters. The van der Waals surface area contributed by atoms with Gasteiger partial charge in [0.05, 0.1) is 5.56 Å². The third kappa shape index (κ3) is 2.77. The van der Waals surface area contributed by atoms with Crippen LogP contribution in [-0.4, -0.2) is 11.1 Å². The lowest BCUT2D eigenvalue weighted by Crippen LogP contribution is -2.21. The van der Waals surface area contributed by atoms with Crippen molar-refractivity contribution in [3.63, 3.8) is 0 Å². The molecule has 0 radical (unpaired) electrons. The van der Waals surface area contributed by atoms with Crippen molar-refractivity contribution in [1.29, 1.82) is 0 Å². The maximum absolute atomic E-state index is 11.0. The molecule has 0 fully saturated rings. The molecule has 3 rings (SSSR count). The Bertz CT molecular complexity index is 706. The number of carbonyl (C=O) groups is 1. The van der Waals surface area contributed by atoms with Gasteiger partial charge in [-0.1, -0.05) is 50.2 Å². The van der Waals surface area contributed by atoms with E-state index in [-0.39, 0.29) is 5.41 Å². The Labute approximate surface area is 131 Å². The minimum Gasteiger partial charge on any atom is -0.478 e. The molecule has 2 N–H and O–H groups in total. The Balaban J connectivity index is 1.76. The van der Waals surface area contributed by atoms with E-state index >= 15 is 0 Å². The Morgan fingerprint density at radius 1 is 1.23 bits per heavy atom. The lowest BCUT2D eigenvalue weighted by Gasteiger charge is -2.19. The van der Waals surface area contributed by atoms with E-state index < -0.39 is 5.97 Å². The molecule has 1 aliphatic rings. The topological polar surface area (TPSA) is 49.3 Å². The number of hydrogen-bond acceptors (Lipinski definition) is 2. The van der Waals surface area contributed by atoms with Gasteiger partial charge in [0.15, 0.2) is 0 Å². The van der Waals surface area contributed by atoms with Crippen LogP contribution in [0.15, 0.2) is 48.5 Å². The molecule has 114 valence electrons. The lowest BCUT2D eigenvalue weighted by atomic mass is 9.86. The Morgan fingerprint density at radius 2 is 2.00 bits per heavy atom. The number of fused-ring (bicyclic) bond motifs is 1. The highest BCUT2D eigenvalue weighted by molar-refractivity contribution is 5.87. The number of carboxylic acids is 1. The van der Waals surface area contributed by atoms with E-state index in [4.69, 9.17) is 5.11 Å². The zero-order chi connectivity index (χ0) is 15.7. The summed E-state index contributed by atoms with van der Waals surface area (Å²) < 4.78 is 0. The molecule has 1 atom stereocenters. The molecule has 0 aliphatic heterocycles. The quantitative estimate of drug-likeness (QED) is 0.899. The molecule has 3 heteroatoms. The van der Waals surface area contributed by atoms with Crippen molar-refractivity contribution in [2.45, 2.75) is 38.3 Å². The zero-order valence-corrected chi connectivity index (χ0v) is 13.0. The van der Waals surface area contributed by atoms with E-state index in [1.807, 2.05) is 6.07 Å². The number of aromatic carboxylic acids is 1. The summed E-state index contributed by atoms with van der Waals surface area (Å²) >= 11 is 0. The molecule has 1 aliphatic carbocycles. The second-order valence-corrected chi connectivity index (χ2v) is 6.61. The van der Waals surface area contributed by atoms with Crippen molar-refractivity contribution in [3.05, 3.63) is 70.8 Å². The maximum Gasteiger partial charge on any atom is 0.335 e. The van der Waals surface area contributed by atoms with Crippen LogP contribution in [0.2, 0.25) is 0 Å². The second kappa shape index (κ2) is 5.58. The molecule has 0 saturated heterocycles. The minimum atomic E-state index is -0.880. The van der Waals surface area contributed by atoms with E-state index in [9.17, 15) is 4.79 Å². The molecular weight excluding hydrogens is 274 g/mol. The number of carboxylic acid groups (broad SMARTS) is 1. The van der Waals surface area contributed by atoms with Crippen LogP contribution in [0.1, 0.15) is 53.4 Å². The molecule has 22 heavy (non-hydrogen) atoms. The van der Waals surface area contributed by atoms with E-state index in [1.54, 1.807) is 18.2 Å². The van der Waals surface area contributed by atoms with Crippen LogP contribution >= 0.6 is 0 Å². The molecule has 2 aromatic carbocycles. The van der Waals surface area contributed by atoms with Crippen molar-refractivity contribution >= 4 is 5.97 Å². The Hall–Kier alpha value is -2.13. The molecule has 0 bridgehead atoms. The highest BCUT2D eigenvalue weighted by Crippen LogP contribution is 2.44. The summed E-state index contributed by atoms with van der Waals surface area (Å²) in [5.41, 5.74) is 4.29. The number of hydrogen-bond donors (Lipinski definition) is 2. The van der Waals surface area contributed by atoms with Crippen molar-refractivity contribution in [3.8, 4) is 0 Å². The first kappa shape index (κ1) is 14.8. The molecule has 2 aromatic rings. The van der Waals surface area contributed by atoms with Gasteiger partial charge in [0.2, 0.25) is 0 Å². The Kier molecular flexibility index (Phi) is 3.75. The summed E-state index contributed by atoms with van der Waals surface area (Å²) in [5.74, 6) is -0.880. The van der Waals surface area contributed by atoms with Gasteiger partial charge in [-0.2, -0.15) is 0 Å². The van der Waals surface area contributed by atoms with Crippen LogP contribution in [0.25, 0.3) is 0 Å². The van der Waals surface area contributed by atoms with Gasteiger partial charge in [0.1, 0.15) is 0 Å². The third-order valence-corrected chi connectivity index (χ3v) is 4.51. The molecular formula is C19H21NO2. The highest BCUT2D eigenvalue weighted by atomic mass is 16.4. The van der Waals surface area contributed by atoms with Gasteiger partial charge >= 0.3 is 5.97 Å². The van der Waals surface area contributed by atoms with E-state index in [0.29, 0.717) is 18.2 Å². The fourth-order valence-corrected chi connectivity index (χ4v) is 3.38. The Morgan fingerprint density at radius 3 is 2.77 bits per heavy atom. The van der Waals surface area contributed by atoms with Crippen LogP contribution in [0.5, 0.6) is 0 Å². The van der Waals surface area contributed by atoms with E-state index in [1.165, 1.54) is 11.1 Å². The van der Waals surface area contributed by atoms with Crippen LogP contribution in [0.4, 0.5) is 0 Å². The van der Waals surface area contributed by atoms with Crippen LogP contribution in [0.3, 0.4) is 0 Å². The molecule has 0 saturated carbocycles. The van der Waals surface area contributed by atoms with Gasteiger partial charge in [-0.05, 0) is 40.7 Å². The largest absolute Gasteiger partial charge is 0.478 e. The molecule has 0 spiro atoms. The SMILES string of the molecule is CC1(C)CC(NCc2cccc(C(=O)O)c2)c2ccccc21. The fourth-order valence-electron chi connectivity index (χ4n) is 3.38. The normalized spacial score (nSPS) is 18.9. The van der Waals surface area contributed by atoms with Crippen LogP contribution < -0.4 is 5.32 Å². The van der Waals surface area contributed by atoms with E-state index in [0.717, 1.165) is 12.0 Å². The predicted molar refractivity (Wildman–Crippen MR) is 87.1 cm³/mol. The van der Waals surface area contributed by atoms with Crippen molar-refractivity contribution in [1.82, 2.24) is 5.32 Å².